The second-order valence-corrected chi connectivity index (χ2v) is 5.85. The first-order valence-electron chi connectivity index (χ1n) is 6.84. The molecule has 6 heteroatoms. The molecule has 1 N–H and O–H groups in total. The molecule has 0 saturated heterocycles. The zero-order valence-corrected chi connectivity index (χ0v) is 13.7. The molecule has 1 amide bonds. The quantitative estimate of drug-likeness (QED) is 0.715. The summed E-state index contributed by atoms with van der Waals surface area (Å²) in [4.78, 5) is 12.5. The van der Waals surface area contributed by atoms with E-state index >= 15 is 0 Å². The van der Waals surface area contributed by atoms with Crippen LogP contribution in [0.5, 0.6) is 0 Å². The fraction of sp³-hybridized carbons (Fsp3) is 0.0588. The fourth-order valence-corrected chi connectivity index (χ4v) is 2.60. The van der Waals surface area contributed by atoms with Crippen molar-refractivity contribution in [3.05, 3.63) is 70.1 Å². The molecule has 0 spiro atoms. The summed E-state index contributed by atoms with van der Waals surface area (Å²) < 4.78 is 19.0. The minimum Gasteiger partial charge on any atom is -0.360 e. The average molecular weight is 375 g/mol. The van der Waals surface area contributed by atoms with Gasteiger partial charge in [0.25, 0.3) is 5.91 Å². The smallest absolute Gasteiger partial charge is 0.261 e. The zero-order valence-electron chi connectivity index (χ0n) is 12.1. The molecule has 0 unspecified atom stereocenters. The number of aryl methyl sites for hydroxylation is 1. The molecule has 2 aromatic carbocycles. The molecule has 1 heterocycles. The third-order valence-corrected chi connectivity index (χ3v) is 3.78. The van der Waals surface area contributed by atoms with Gasteiger partial charge in [0, 0.05) is 15.7 Å². The highest BCUT2D eigenvalue weighted by Crippen LogP contribution is 2.28. The molecule has 0 radical (unpaired) electrons. The van der Waals surface area contributed by atoms with Crippen molar-refractivity contribution < 1.29 is 13.7 Å². The van der Waals surface area contributed by atoms with Gasteiger partial charge in [-0.2, -0.15) is 0 Å². The van der Waals surface area contributed by atoms with Crippen LogP contribution < -0.4 is 5.32 Å². The Morgan fingerprint density at radius 3 is 2.65 bits per heavy atom. The van der Waals surface area contributed by atoms with Gasteiger partial charge >= 0.3 is 0 Å². The Kier molecular flexibility index (Phi) is 4.25. The van der Waals surface area contributed by atoms with Crippen LogP contribution in [0.2, 0.25) is 0 Å². The molecule has 3 aromatic rings. The van der Waals surface area contributed by atoms with Crippen molar-refractivity contribution in [2.75, 3.05) is 5.32 Å². The second kappa shape index (κ2) is 6.34. The van der Waals surface area contributed by atoms with Gasteiger partial charge in [-0.1, -0.05) is 33.2 Å². The van der Waals surface area contributed by atoms with E-state index < -0.39 is 0 Å². The van der Waals surface area contributed by atoms with E-state index in [4.69, 9.17) is 4.52 Å². The van der Waals surface area contributed by atoms with Crippen molar-refractivity contribution in [3.8, 4) is 11.3 Å². The van der Waals surface area contributed by atoms with Gasteiger partial charge in [-0.05, 0) is 43.3 Å². The van der Waals surface area contributed by atoms with Gasteiger partial charge in [0.05, 0.1) is 0 Å². The first-order chi connectivity index (χ1) is 11.0. The monoisotopic (exact) mass is 374 g/mol. The number of amides is 1. The number of carbonyl (C=O) groups is 1. The number of nitrogens with one attached hydrogen (secondary N) is 1. The molecular formula is C17H12BrFN2O2. The molecule has 116 valence electrons. The number of anilines is 1. The number of aromatic nitrogens is 1. The standard InChI is InChI=1S/C17H12BrFN2O2/c1-10-15(17(22)20-14-7-5-13(19)6-8-14)16(21-23-10)11-3-2-4-12(18)9-11/h2-9H,1H3,(H,20,22). The van der Waals surface area contributed by atoms with Crippen LogP contribution in [-0.2, 0) is 0 Å². The molecule has 0 aliphatic rings. The summed E-state index contributed by atoms with van der Waals surface area (Å²) in [5.74, 6) is -0.302. The van der Waals surface area contributed by atoms with E-state index in [-0.39, 0.29) is 11.7 Å². The van der Waals surface area contributed by atoms with Crippen LogP contribution in [-0.4, -0.2) is 11.1 Å². The van der Waals surface area contributed by atoms with Gasteiger partial charge in [0.1, 0.15) is 22.8 Å². The van der Waals surface area contributed by atoms with E-state index in [9.17, 15) is 9.18 Å². The van der Waals surface area contributed by atoms with E-state index in [1.54, 1.807) is 6.92 Å². The molecule has 0 fully saturated rings. The van der Waals surface area contributed by atoms with Crippen molar-refractivity contribution in [1.29, 1.82) is 0 Å². The Hall–Kier alpha value is -2.47. The molecule has 0 atom stereocenters. The predicted molar refractivity (Wildman–Crippen MR) is 88.7 cm³/mol. The molecule has 23 heavy (non-hydrogen) atoms. The van der Waals surface area contributed by atoms with Crippen molar-refractivity contribution in [1.82, 2.24) is 5.16 Å². The van der Waals surface area contributed by atoms with Crippen LogP contribution in [0.25, 0.3) is 11.3 Å². The van der Waals surface area contributed by atoms with Crippen LogP contribution in [0.15, 0.2) is 57.5 Å². The summed E-state index contributed by atoms with van der Waals surface area (Å²) in [6.45, 7) is 1.67. The highest BCUT2D eigenvalue weighted by Gasteiger charge is 2.21. The van der Waals surface area contributed by atoms with Crippen molar-refractivity contribution in [3.63, 3.8) is 0 Å². The largest absolute Gasteiger partial charge is 0.360 e. The lowest BCUT2D eigenvalue weighted by molar-refractivity contribution is 0.102. The van der Waals surface area contributed by atoms with Crippen molar-refractivity contribution >= 4 is 27.5 Å². The van der Waals surface area contributed by atoms with E-state index in [2.05, 4.69) is 26.4 Å². The lowest BCUT2D eigenvalue weighted by Crippen LogP contribution is -2.13. The molecular weight excluding hydrogens is 363 g/mol. The Labute approximate surface area is 140 Å². The van der Waals surface area contributed by atoms with E-state index in [1.165, 1.54) is 24.3 Å². The number of nitrogens with zero attached hydrogens (tertiary/aromatic N) is 1. The van der Waals surface area contributed by atoms with Crippen molar-refractivity contribution in [2.45, 2.75) is 6.92 Å². The van der Waals surface area contributed by atoms with Crippen LogP contribution in [0.1, 0.15) is 16.1 Å². The maximum absolute atomic E-state index is 12.9. The molecule has 0 aliphatic carbocycles. The lowest BCUT2D eigenvalue weighted by atomic mass is 10.1. The van der Waals surface area contributed by atoms with Crippen molar-refractivity contribution in [2.24, 2.45) is 0 Å². The zero-order chi connectivity index (χ0) is 16.4. The molecule has 0 bridgehead atoms. The Morgan fingerprint density at radius 2 is 1.96 bits per heavy atom. The summed E-state index contributed by atoms with van der Waals surface area (Å²) in [6, 6.07) is 13.0. The highest BCUT2D eigenvalue weighted by molar-refractivity contribution is 9.10. The molecule has 1 aromatic heterocycles. The number of hydrogen-bond donors (Lipinski definition) is 1. The fourth-order valence-electron chi connectivity index (χ4n) is 2.20. The number of rotatable bonds is 3. The number of halogens is 2. The number of benzene rings is 2. The Balaban J connectivity index is 1.95. The molecule has 0 saturated carbocycles. The van der Waals surface area contributed by atoms with Gasteiger partial charge in [0.15, 0.2) is 0 Å². The summed E-state index contributed by atoms with van der Waals surface area (Å²) in [5, 5.41) is 6.71. The maximum atomic E-state index is 12.9. The SMILES string of the molecule is Cc1onc(-c2cccc(Br)c2)c1C(=O)Nc1ccc(F)cc1. The summed E-state index contributed by atoms with van der Waals surface area (Å²) in [5.41, 5.74) is 2.08. The van der Waals surface area contributed by atoms with E-state index in [0.717, 1.165) is 10.0 Å². The Morgan fingerprint density at radius 1 is 1.22 bits per heavy atom. The molecule has 0 aliphatic heterocycles. The number of hydrogen-bond acceptors (Lipinski definition) is 3. The van der Waals surface area contributed by atoms with Gasteiger partial charge in [-0.3, -0.25) is 4.79 Å². The van der Waals surface area contributed by atoms with E-state index in [1.807, 2.05) is 24.3 Å². The average Bonchev–Trinajstić information content (AvgIpc) is 2.91. The highest BCUT2D eigenvalue weighted by atomic mass is 79.9. The summed E-state index contributed by atoms with van der Waals surface area (Å²) in [7, 11) is 0. The van der Waals surface area contributed by atoms with E-state index in [0.29, 0.717) is 22.7 Å². The van der Waals surface area contributed by atoms with Crippen LogP contribution in [0.4, 0.5) is 10.1 Å². The second-order valence-electron chi connectivity index (χ2n) is 4.93. The topological polar surface area (TPSA) is 55.1 Å². The minimum absolute atomic E-state index is 0.354. The number of carbonyl (C=O) groups excluding carboxylic acids is 1. The molecule has 3 rings (SSSR count). The van der Waals surface area contributed by atoms with Crippen LogP contribution in [0.3, 0.4) is 0 Å². The first kappa shape index (κ1) is 15.4. The Bertz CT molecular complexity index is 859. The third kappa shape index (κ3) is 3.32. The third-order valence-electron chi connectivity index (χ3n) is 3.29. The van der Waals surface area contributed by atoms with Gasteiger partial charge in [-0.15, -0.1) is 0 Å². The van der Waals surface area contributed by atoms with Crippen LogP contribution in [0, 0.1) is 12.7 Å². The van der Waals surface area contributed by atoms with Gasteiger partial charge in [-0.25, -0.2) is 4.39 Å². The minimum atomic E-state index is -0.362. The first-order valence-corrected chi connectivity index (χ1v) is 7.63. The normalized spacial score (nSPS) is 10.6. The van der Waals surface area contributed by atoms with Gasteiger partial charge in [0.2, 0.25) is 0 Å². The maximum Gasteiger partial charge on any atom is 0.261 e. The summed E-state index contributed by atoms with van der Waals surface area (Å²) >= 11 is 3.39. The predicted octanol–water partition coefficient (Wildman–Crippen LogP) is 4.80. The summed E-state index contributed by atoms with van der Waals surface area (Å²) in [6.07, 6.45) is 0. The van der Waals surface area contributed by atoms with Crippen LogP contribution >= 0.6 is 15.9 Å². The van der Waals surface area contributed by atoms with Gasteiger partial charge < -0.3 is 9.84 Å². The molecule has 4 nitrogen and oxygen atoms in total. The lowest BCUT2D eigenvalue weighted by Gasteiger charge is -2.06.